The summed E-state index contributed by atoms with van der Waals surface area (Å²) in [7, 11) is -5.04. The fourth-order valence-corrected chi connectivity index (χ4v) is 19.0. The van der Waals surface area contributed by atoms with Crippen molar-refractivity contribution in [1.29, 1.82) is 0 Å². The van der Waals surface area contributed by atoms with Crippen LogP contribution in [0.5, 0.6) is 0 Å². The van der Waals surface area contributed by atoms with Crippen molar-refractivity contribution in [1.82, 2.24) is 31.6 Å². The van der Waals surface area contributed by atoms with Gasteiger partial charge >= 0.3 is 7.82 Å². The number of allylic oxidation sites excluding steroid dienone is 1. The number of carbonyl (C=O) groups is 7. The first-order valence-electron chi connectivity index (χ1n) is 31.7. The number of H-pyrrole nitrogens is 1. The number of imidazole rings is 1. The molecule has 90 heavy (non-hydrogen) atoms. The van der Waals surface area contributed by atoms with Gasteiger partial charge in [-0.2, -0.15) is 4.57 Å². The van der Waals surface area contributed by atoms with Crippen LogP contribution in [0.1, 0.15) is 157 Å². The van der Waals surface area contributed by atoms with Gasteiger partial charge in [0.25, 0.3) is 0 Å². The number of nitrogens with one attached hydrogen (secondary N) is 6. The molecule has 0 aliphatic carbocycles. The second kappa shape index (κ2) is 26.4. The number of ether oxygens (including phenoxy) is 1. The summed E-state index contributed by atoms with van der Waals surface area (Å²) in [6.45, 7) is 20.7. The van der Waals surface area contributed by atoms with Crippen LogP contribution < -0.4 is 65.6 Å². The number of rotatable bonds is 26. The summed E-state index contributed by atoms with van der Waals surface area (Å²) in [4.78, 5) is 108. The molecule has 21 N–H and O–H groups in total. The molecule has 8 bridgehead atoms. The van der Waals surface area contributed by atoms with Crippen LogP contribution in [0.3, 0.4) is 0 Å². The summed E-state index contributed by atoms with van der Waals surface area (Å²) in [6.07, 6.45) is -4.00. The molecule has 28 heteroatoms. The predicted octanol–water partition coefficient (Wildman–Crippen LogP) is 0.739. The van der Waals surface area contributed by atoms with E-state index in [0.717, 1.165) is 22.2 Å². The molecule has 8 rings (SSSR count). The van der Waals surface area contributed by atoms with E-state index in [0.29, 0.717) is 30.5 Å². The molecule has 6 aliphatic heterocycles. The molecule has 502 valence electrons. The van der Waals surface area contributed by atoms with Crippen LogP contribution >= 0.6 is 7.82 Å². The van der Waals surface area contributed by atoms with Gasteiger partial charge in [0.15, 0.2) is 11.0 Å². The molecule has 2 aromatic rings. The predicted molar refractivity (Wildman–Crippen MR) is 331 cm³/mol. The number of aryl methyl sites for hydroxylation is 2. The number of amides is 7. The van der Waals surface area contributed by atoms with E-state index in [1.807, 2.05) is 60.6 Å². The summed E-state index contributed by atoms with van der Waals surface area (Å²) < 4.78 is 32.5. The summed E-state index contributed by atoms with van der Waals surface area (Å²) in [5.74, 6) is -6.08. The van der Waals surface area contributed by atoms with Crippen LogP contribution in [0, 0.1) is 65.1 Å². The van der Waals surface area contributed by atoms with Crippen molar-refractivity contribution < 1.29 is 71.6 Å². The molecule has 0 radical (unpaired) electrons. The molecule has 0 spiro atoms. The zero-order chi connectivity index (χ0) is 66.7. The number of carbonyl (C=O) groups excluding carboxylic acids is 7. The Kier molecular flexibility index (Phi) is 20.6. The molecule has 7 heterocycles. The Hall–Kier alpha value is -5.61. The Morgan fingerprint density at radius 2 is 1.40 bits per heavy atom. The summed E-state index contributed by atoms with van der Waals surface area (Å²) >= 11 is 0. The van der Waals surface area contributed by atoms with Crippen LogP contribution in [-0.2, 0) is 51.9 Å². The van der Waals surface area contributed by atoms with Gasteiger partial charge in [-0.15, -0.1) is 0 Å². The van der Waals surface area contributed by atoms with Gasteiger partial charge in [0.2, 0.25) is 53.9 Å². The Morgan fingerprint density at radius 3 is 1.99 bits per heavy atom. The molecular weight excluding hydrogens is 1180 g/mol. The lowest BCUT2D eigenvalue weighted by Crippen LogP contribution is -2.64. The number of nitrogens with two attached hydrogens (primary N) is 6. The Morgan fingerprint density at radius 1 is 0.800 bits per heavy atom. The minimum absolute atomic E-state index is 0.0343. The minimum atomic E-state index is -5.04. The zero-order valence-electron chi connectivity index (χ0n) is 54.1. The fourth-order valence-electron chi connectivity index (χ4n) is 17.8. The van der Waals surface area contributed by atoms with E-state index < -0.39 is 156 Å². The lowest BCUT2D eigenvalue weighted by Gasteiger charge is -2.49. The number of aliphatic hydroxyl groups excluding tert-OH is 2. The summed E-state index contributed by atoms with van der Waals surface area (Å²) in [5, 5.41) is 40.7. The second-order valence-electron chi connectivity index (χ2n) is 28.8. The van der Waals surface area contributed by atoms with Crippen molar-refractivity contribution in [3.8, 4) is 0 Å². The number of aliphatic hydroxyl groups is 2. The highest BCUT2D eigenvalue weighted by atomic mass is 31.2. The van der Waals surface area contributed by atoms with Crippen LogP contribution in [0.4, 0.5) is 0 Å². The van der Waals surface area contributed by atoms with Gasteiger partial charge in [-0.1, -0.05) is 41.5 Å². The standard InChI is InChI=1S/C62H100N13O14P/c1-29-20-39-40(21-30(29)2)75(28-70-39)57-52(84)53(41(27-76)87-57)89-90(85,86)88-31(3)26-69-49(83)18-19-59(8)37(22-46(66)80)56-62(11)61(10,25-48(68)82)36(14-17-45(65)79)51(74-62)33(5)55-60(9,24-47(67)81)34(12-15-43(63)77)38(71-55)23-42-58(6,7)35(13-16-44(64)78)50(72-42)32(4)54(59)73-56/h20-21,28,31,33-38,41-42,50-53,55-57,71-74,76,84H,12-19,22-27H2,1-11H3,(H14,63,64,65,66,67,68,69,77,78,79,80,81,82,83,85,86)/p+1/b54-32-/t31-,33-,34-,35-,36-,37+,38+,41-,42-,50+,51+,52-,53-,55-,56-,57+,59-,60+,61+,62+/m1/s1. The third-order valence-electron chi connectivity index (χ3n) is 22.8. The lowest BCUT2D eigenvalue weighted by molar-refractivity contribution is -0.743. The molecule has 7 amide bonds. The molecule has 21 atom stereocenters. The molecule has 1 aromatic carbocycles. The first kappa shape index (κ1) is 70.3. The number of aromatic nitrogens is 2. The van der Waals surface area contributed by atoms with Gasteiger partial charge in [0.1, 0.15) is 18.3 Å². The normalized spacial score (nSPS) is 38.0. The average Bonchev–Trinajstić information content (AvgIpc) is 1.53. The number of phosphoric ester groups is 1. The highest BCUT2D eigenvalue weighted by Gasteiger charge is 2.69. The van der Waals surface area contributed by atoms with E-state index >= 15 is 0 Å². The SMILES string of the molecule is C/C1=C2/N[C@H]([C@H](CC(N)=O)[C@@]2(C)CCC(=O)NC[C@@H](C)OP(=O)(O)O[C@H]2[C@@H](O)[C@@H]([n+]3c[nH]c4cc(C)c(C)cc43)O[C@@H]2CO)[C@]2(C)N[C@@H]([C@@H](C)[C@H]3N[C@@H](C[C@H]4N[C@@H]1[C@@H](CCC(N)=O)C4(C)C)[C@@H](CCC(N)=O)[C@]3(C)CC(N)=O)[C@@H](CCC(N)=O)[C@]2(C)CC(N)=O. The molecule has 5 fully saturated rings. The maximum Gasteiger partial charge on any atom is 0.472 e. The van der Waals surface area contributed by atoms with Gasteiger partial charge in [-0.25, -0.2) is 9.55 Å². The molecular formula is C62H101N13O14P+. The monoisotopic (exact) mass is 1280 g/mol. The van der Waals surface area contributed by atoms with Crippen LogP contribution in [0.15, 0.2) is 29.7 Å². The third kappa shape index (κ3) is 13.5. The minimum Gasteiger partial charge on any atom is -0.394 e. The zero-order valence-corrected chi connectivity index (χ0v) is 55.0. The van der Waals surface area contributed by atoms with Gasteiger partial charge in [-0.05, 0) is 130 Å². The van der Waals surface area contributed by atoms with Crippen LogP contribution in [-0.4, -0.2) is 141 Å². The first-order valence-corrected chi connectivity index (χ1v) is 33.2. The molecule has 5 saturated heterocycles. The van der Waals surface area contributed by atoms with Crippen molar-refractivity contribution in [2.24, 2.45) is 85.7 Å². The van der Waals surface area contributed by atoms with E-state index in [4.69, 9.17) is 48.2 Å². The number of fused-ring (bicyclic) bond motifs is 10. The Bertz CT molecular complexity index is 3180. The molecule has 27 nitrogen and oxygen atoms in total. The van der Waals surface area contributed by atoms with Gasteiger partial charge in [0.05, 0.1) is 12.7 Å². The number of benzene rings is 1. The van der Waals surface area contributed by atoms with E-state index in [1.54, 1.807) is 10.9 Å². The summed E-state index contributed by atoms with van der Waals surface area (Å²) in [6, 6.07) is 1.00. The van der Waals surface area contributed by atoms with Crippen molar-refractivity contribution in [2.75, 3.05) is 13.2 Å². The van der Waals surface area contributed by atoms with Gasteiger partial charge in [-0.3, -0.25) is 42.6 Å². The van der Waals surface area contributed by atoms with Crippen LogP contribution in [0.2, 0.25) is 0 Å². The maximum atomic E-state index is 14.4. The number of hydrogen-bond donors (Lipinski definition) is 15. The first-order chi connectivity index (χ1) is 41.8. The number of primary amides is 6. The quantitative estimate of drug-likeness (QED) is 0.0456. The van der Waals surface area contributed by atoms with Crippen LogP contribution in [0.25, 0.3) is 11.0 Å². The van der Waals surface area contributed by atoms with E-state index in [-0.39, 0.29) is 88.3 Å². The highest BCUT2D eigenvalue weighted by molar-refractivity contribution is 7.47. The maximum absolute atomic E-state index is 14.4. The summed E-state index contributed by atoms with van der Waals surface area (Å²) in [5.41, 5.74) is 36.6. The average molecular weight is 1280 g/mol. The van der Waals surface area contributed by atoms with E-state index in [9.17, 15) is 53.2 Å². The van der Waals surface area contributed by atoms with Gasteiger partial charge < -0.3 is 80.8 Å². The number of aromatic amines is 1. The third-order valence-corrected chi connectivity index (χ3v) is 23.9. The van der Waals surface area contributed by atoms with Crippen molar-refractivity contribution in [3.05, 3.63) is 40.9 Å². The number of nitrogens with zero attached hydrogens (tertiary/aromatic N) is 1. The Balaban J connectivity index is 1.16. The highest BCUT2D eigenvalue weighted by Crippen LogP contribution is 2.63. The van der Waals surface area contributed by atoms with E-state index in [1.165, 1.54) is 6.92 Å². The Labute approximate surface area is 526 Å². The van der Waals surface area contributed by atoms with Crippen molar-refractivity contribution in [3.63, 3.8) is 0 Å². The smallest absolute Gasteiger partial charge is 0.394 e. The van der Waals surface area contributed by atoms with Gasteiger partial charge in [0, 0.05) is 116 Å². The number of hydrogen-bond acceptors (Lipinski definition) is 17. The molecule has 1 unspecified atom stereocenters. The molecule has 0 saturated carbocycles. The molecule has 6 aliphatic rings. The van der Waals surface area contributed by atoms with Crippen molar-refractivity contribution in [2.45, 2.75) is 226 Å². The largest absolute Gasteiger partial charge is 0.472 e. The second-order valence-corrected chi connectivity index (χ2v) is 30.1. The fraction of sp³-hybridized carbons (Fsp3) is 0.742. The number of phosphoric acid groups is 1. The topological polar surface area (TPSA) is 461 Å². The molecule has 1 aromatic heterocycles. The lowest BCUT2D eigenvalue weighted by atomic mass is 9.56. The van der Waals surface area contributed by atoms with E-state index in [2.05, 4.69) is 52.3 Å². The van der Waals surface area contributed by atoms with Crippen molar-refractivity contribution >= 4 is 60.2 Å².